The molecule has 1 unspecified atom stereocenters. The summed E-state index contributed by atoms with van der Waals surface area (Å²) in [5.41, 5.74) is 2.49. The van der Waals surface area contributed by atoms with Crippen LogP contribution in [0.4, 0.5) is 16.2 Å². The molecule has 1 N–H and O–H groups in total. The SMILES string of the molecule is CCn1cc(C2CN(C(=O)Nc3cccc(N4CCCC4=O)c3)CCO2)cn1. The summed E-state index contributed by atoms with van der Waals surface area (Å²) in [4.78, 5) is 28.2. The molecule has 28 heavy (non-hydrogen) atoms. The van der Waals surface area contributed by atoms with Gasteiger partial charge in [0.2, 0.25) is 5.91 Å². The third kappa shape index (κ3) is 3.87. The number of anilines is 2. The molecule has 2 fully saturated rings. The quantitative estimate of drug-likeness (QED) is 0.880. The van der Waals surface area contributed by atoms with Crippen LogP contribution >= 0.6 is 0 Å². The Balaban J connectivity index is 1.41. The summed E-state index contributed by atoms with van der Waals surface area (Å²) in [6, 6.07) is 7.28. The first-order chi connectivity index (χ1) is 13.6. The normalized spacial score (nSPS) is 19.9. The highest BCUT2D eigenvalue weighted by Gasteiger charge is 2.27. The minimum Gasteiger partial charge on any atom is -0.370 e. The molecular formula is C20H25N5O3. The monoisotopic (exact) mass is 383 g/mol. The molecule has 2 saturated heterocycles. The third-order valence-corrected chi connectivity index (χ3v) is 5.19. The molecule has 1 aromatic heterocycles. The number of carbonyl (C=O) groups is 2. The number of hydrogen-bond donors (Lipinski definition) is 1. The lowest BCUT2D eigenvalue weighted by atomic mass is 10.1. The number of urea groups is 1. The van der Waals surface area contributed by atoms with Gasteiger partial charge in [0.15, 0.2) is 0 Å². The zero-order valence-electron chi connectivity index (χ0n) is 16.0. The van der Waals surface area contributed by atoms with Gasteiger partial charge >= 0.3 is 6.03 Å². The van der Waals surface area contributed by atoms with E-state index in [9.17, 15) is 9.59 Å². The molecule has 3 heterocycles. The molecule has 0 aliphatic carbocycles. The average molecular weight is 383 g/mol. The van der Waals surface area contributed by atoms with E-state index in [1.807, 2.05) is 42.1 Å². The van der Waals surface area contributed by atoms with Gasteiger partial charge in [0, 0.05) is 49.2 Å². The number of morpholine rings is 1. The van der Waals surface area contributed by atoms with Crippen molar-refractivity contribution in [3.05, 3.63) is 42.2 Å². The highest BCUT2D eigenvalue weighted by molar-refractivity contribution is 5.96. The van der Waals surface area contributed by atoms with Gasteiger partial charge in [-0.25, -0.2) is 4.79 Å². The van der Waals surface area contributed by atoms with Gasteiger partial charge in [-0.1, -0.05) is 6.07 Å². The van der Waals surface area contributed by atoms with Gasteiger partial charge in [0.25, 0.3) is 0 Å². The fraction of sp³-hybridized carbons (Fsp3) is 0.450. The van der Waals surface area contributed by atoms with Crippen molar-refractivity contribution in [1.29, 1.82) is 0 Å². The Kier molecular flexibility index (Phi) is 5.29. The summed E-state index contributed by atoms with van der Waals surface area (Å²) in [5.74, 6) is 0.132. The van der Waals surface area contributed by atoms with Crippen LogP contribution in [0, 0.1) is 0 Å². The van der Waals surface area contributed by atoms with Gasteiger partial charge in [-0.3, -0.25) is 9.48 Å². The van der Waals surface area contributed by atoms with Gasteiger partial charge in [0.05, 0.1) is 19.3 Å². The summed E-state index contributed by atoms with van der Waals surface area (Å²) in [6.07, 6.45) is 5.04. The zero-order valence-corrected chi connectivity index (χ0v) is 16.0. The number of aryl methyl sites for hydroxylation is 1. The molecule has 0 bridgehead atoms. The van der Waals surface area contributed by atoms with Crippen LogP contribution in [0.5, 0.6) is 0 Å². The number of ether oxygens (including phenoxy) is 1. The highest BCUT2D eigenvalue weighted by Crippen LogP contribution is 2.25. The summed E-state index contributed by atoms with van der Waals surface area (Å²) in [7, 11) is 0. The Bertz CT molecular complexity index is 865. The fourth-order valence-corrected chi connectivity index (χ4v) is 3.63. The third-order valence-electron chi connectivity index (χ3n) is 5.19. The van der Waals surface area contributed by atoms with Crippen LogP contribution in [0.1, 0.15) is 31.4 Å². The zero-order chi connectivity index (χ0) is 19.5. The minimum atomic E-state index is -0.173. The van der Waals surface area contributed by atoms with Crippen LogP contribution in [0.15, 0.2) is 36.7 Å². The van der Waals surface area contributed by atoms with E-state index in [-0.39, 0.29) is 18.0 Å². The van der Waals surface area contributed by atoms with Crippen LogP contribution in [0.3, 0.4) is 0 Å². The Morgan fingerprint density at radius 3 is 3.00 bits per heavy atom. The second-order valence-electron chi connectivity index (χ2n) is 7.06. The highest BCUT2D eigenvalue weighted by atomic mass is 16.5. The molecule has 2 aromatic rings. The van der Waals surface area contributed by atoms with Crippen molar-refractivity contribution < 1.29 is 14.3 Å². The van der Waals surface area contributed by atoms with E-state index in [2.05, 4.69) is 10.4 Å². The van der Waals surface area contributed by atoms with Crippen LogP contribution in [0.25, 0.3) is 0 Å². The summed E-state index contributed by atoms with van der Waals surface area (Å²) < 4.78 is 7.68. The second kappa shape index (κ2) is 8.02. The molecule has 1 atom stereocenters. The van der Waals surface area contributed by atoms with Gasteiger partial charge in [-0.05, 0) is 31.5 Å². The molecule has 3 amide bonds. The number of benzene rings is 1. The van der Waals surface area contributed by atoms with Crippen LogP contribution in [-0.2, 0) is 16.1 Å². The van der Waals surface area contributed by atoms with E-state index in [0.29, 0.717) is 31.8 Å². The topological polar surface area (TPSA) is 79.7 Å². The van der Waals surface area contributed by atoms with Gasteiger partial charge in [0.1, 0.15) is 6.10 Å². The predicted octanol–water partition coefficient (Wildman–Crippen LogP) is 2.64. The number of amides is 3. The molecule has 8 heteroatoms. The number of aromatic nitrogens is 2. The van der Waals surface area contributed by atoms with Crippen molar-refractivity contribution in [1.82, 2.24) is 14.7 Å². The van der Waals surface area contributed by atoms with E-state index in [1.165, 1.54) is 0 Å². The molecule has 0 spiro atoms. The number of carbonyl (C=O) groups excluding carboxylic acids is 2. The van der Waals surface area contributed by atoms with E-state index >= 15 is 0 Å². The van der Waals surface area contributed by atoms with Crippen molar-refractivity contribution >= 4 is 23.3 Å². The fourth-order valence-electron chi connectivity index (χ4n) is 3.63. The van der Waals surface area contributed by atoms with Crippen molar-refractivity contribution in [2.45, 2.75) is 32.4 Å². The lowest BCUT2D eigenvalue weighted by molar-refractivity contribution is -0.117. The van der Waals surface area contributed by atoms with Gasteiger partial charge in [-0.2, -0.15) is 5.10 Å². The summed E-state index contributed by atoms with van der Waals surface area (Å²) in [5, 5.41) is 7.24. The van der Waals surface area contributed by atoms with E-state index in [0.717, 1.165) is 30.8 Å². The molecule has 0 radical (unpaired) electrons. The molecule has 2 aliphatic rings. The largest absolute Gasteiger partial charge is 0.370 e. The second-order valence-corrected chi connectivity index (χ2v) is 7.06. The van der Waals surface area contributed by atoms with Gasteiger partial charge in [-0.15, -0.1) is 0 Å². The van der Waals surface area contributed by atoms with E-state index < -0.39 is 0 Å². The number of rotatable bonds is 4. The first kappa shape index (κ1) is 18.5. The van der Waals surface area contributed by atoms with Crippen molar-refractivity contribution in [3.8, 4) is 0 Å². The number of nitrogens with zero attached hydrogens (tertiary/aromatic N) is 4. The molecule has 4 rings (SSSR count). The van der Waals surface area contributed by atoms with Crippen LogP contribution < -0.4 is 10.2 Å². The number of nitrogens with one attached hydrogen (secondary N) is 1. The van der Waals surface area contributed by atoms with Crippen molar-refractivity contribution in [3.63, 3.8) is 0 Å². The molecule has 1 aromatic carbocycles. The standard InChI is InChI=1S/C20H25N5O3/c1-2-24-13-15(12-21-24)18-14-23(9-10-28-18)20(27)22-16-5-3-6-17(11-16)25-8-4-7-19(25)26/h3,5-6,11-13,18H,2,4,7-10,14H2,1H3,(H,22,27). The van der Waals surface area contributed by atoms with Crippen molar-refractivity contribution in [2.75, 3.05) is 36.5 Å². The Morgan fingerprint density at radius 1 is 1.36 bits per heavy atom. The Hall–Kier alpha value is -2.87. The predicted molar refractivity (Wildman–Crippen MR) is 105 cm³/mol. The van der Waals surface area contributed by atoms with Crippen LogP contribution in [-0.4, -0.2) is 52.9 Å². The molecule has 0 saturated carbocycles. The molecule has 148 valence electrons. The van der Waals surface area contributed by atoms with E-state index in [4.69, 9.17) is 4.74 Å². The first-order valence-electron chi connectivity index (χ1n) is 9.74. The Labute approximate surface area is 164 Å². The molecule has 2 aliphatic heterocycles. The maximum absolute atomic E-state index is 12.8. The van der Waals surface area contributed by atoms with E-state index in [1.54, 1.807) is 16.0 Å². The van der Waals surface area contributed by atoms with Crippen LogP contribution in [0.2, 0.25) is 0 Å². The minimum absolute atomic E-state index is 0.132. The molecule has 8 nitrogen and oxygen atoms in total. The van der Waals surface area contributed by atoms with Crippen molar-refractivity contribution in [2.24, 2.45) is 0 Å². The maximum Gasteiger partial charge on any atom is 0.322 e. The molecular weight excluding hydrogens is 358 g/mol. The lowest BCUT2D eigenvalue weighted by Gasteiger charge is -2.32. The number of hydrogen-bond acceptors (Lipinski definition) is 4. The summed E-state index contributed by atoms with van der Waals surface area (Å²) in [6.45, 7) is 5.06. The summed E-state index contributed by atoms with van der Waals surface area (Å²) >= 11 is 0. The Morgan fingerprint density at radius 2 is 2.25 bits per heavy atom. The van der Waals surface area contributed by atoms with Gasteiger partial charge < -0.3 is 19.9 Å². The lowest BCUT2D eigenvalue weighted by Crippen LogP contribution is -2.44. The maximum atomic E-state index is 12.8. The smallest absolute Gasteiger partial charge is 0.322 e. The average Bonchev–Trinajstić information content (AvgIpc) is 3.37. The first-order valence-corrected chi connectivity index (χ1v) is 9.74.